The Bertz CT molecular complexity index is 341. The minimum Gasteiger partial charge on any atom is -0.294 e. The number of ketones is 2. The van der Waals surface area contributed by atoms with E-state index in [2.05, 4.69) is 0 Å². The number of rotatable bonds is 1. The van der Waals surface area contributed by atoms with Crippen LogP contribution in [0.5, 0.6) is 0 Å². The highest BCUT2D eigenvalue weighted by molar-refractivity contribution is 7.88. The molecular formula is C6H7FO5S. The first-order chi connectivity index (χ1) is 5.80. The molecule has 74 valence electrons. The van der Waals surface area contributed by atoms with E-state index in [-0.39, 0.29) is 19.3 Å². The average molecular weight is 210 g/mol. The predicted octanol–water partition coefficient (Wildman–Crippen LogP) is -0.138. The van der Waals surface area contributed by atoms with Crippen LogP contribution in [-0.2, 0) is 19.7 Å². The van der Waals surface area contributed by atoms with Gasteiger partial charge in [0.05, 0.1) is 0 Å². The summed E-state index contributed by atoms with van der Waals surface area (Å²) in [4.78, 5) is 21.7. The number of carbonyl (C=O) groups excluding carboxylic acids is 2. The second kappa shape index (κ2) is 2.85. The second-order valence-electron chi connectivity index (χ2n) is 2.77. The van der Waals surface area contributed by atoms with Crippen molar-refractivity contribution in [3.63, 3.8) is 0 Å². The maximum atomic E-state index is 13.3. The van der Waals surface area contributed by atoms with E-state index in [0.29, 0.717) is 0 Å². The Morgan fingerprint density at radius 2 is 1.62 bits per heavy atom. The van der Waals surface area contributed by atoms with Crippen molar-refractivity contribution in [1.82, 2.24) is 0 Å². The number of Topliss-reactive ketones (excluding diaryl/α,β-unsaturated/α-hetero) is 2. The van der Waals surface area contributed by atoms with Crippen molar-refractivity contribution in [2.45, 2.75) is 24.3 Å². The summed E-state index contributed by atoms with van der Waals surface area (Å²) in [6.07, 6.45) is -0.567. The third kappa shape index (κ3) is 1.37. The quantitative estimate of drug-likeness (QED) is 0.480. The zero-order valence-corrected chi connectivity index (χ0v) is 7.30. The van der Waals surface area contributed by atoms with Crippen molar-refractivity contribution in [3.05, 3.63) is 0 Å². The van der Waals surface area contributed by atoms with E-state index in [4.69, 9.17) is 4.55 Å². The van der Waals surface area contributed by atoms with Gasteiger partial charge in [0.15, 0.2) is 11.6 Å². The SMILES string of the molecule is O=C1CCCC(=O)C1(F)S(=O)(=O)O. The van der Waals surface area contributed by atoms with Crippen molar-refractivity contribution in [2.24, 2.45) is 0 Å². The molecule has 0 spiro atoms. The van der Waals surface area contributed by atoms with Crippen molar-refractivity contribution in [3.8, 4) is 0 Å². The molecule has 7 heteroatoms. The molecule has 0 atom stereocenters. The summed E-state index contributed by atoms with van der Waals surface area (Å²) >= 11 is 0. The van der Waals surface area contributed by atoms with E-state index in [9.17, 15) is 22.4 Å². The molecule has 1 aliphatic rings. The number of hydrogen-bond donors (Lipinski definition) is 1. The van der Waals surface area contributed by atoms with Crippen molar-refractivity contribution in [1.29, 1.82) is 0 Å². The molecule has 1 saturated carbocycles. The molecule has 0 aliphatic heterocycles. The topological polar surface area (TPSA) is 88.5 Å². The fraction of sp³-hybridized carbons (Fsp3) is 0.667. The highest BCUT2D eigenvalue weighted by Gasteiger charge is 2.58. The maximum Gasteiger partial charge on any atom is 0.349 e. The van der Waals surface area contributed by atoms with Crippen LogP contribution in [0.2, 0.25) is 0 Å². The van der Waals surface area contributed by atoms with Crippen LogP contribution in [0.15, 0.2) is 0 Å². The molecule has 1 aliphatic carbocycles. The molecule has 0 aromatic heterocycles. The Hall–Kier alpha value is -0.820. The third-order valence-corrected chi connectivity index (χ3v) is 3.05. The lowest BCUT2D eigenvalue weighted by Crippen LogP contribution is -2.51. The molecule has 0 amide bonds. The Morgan fingerprint density at radius 1 is 1.23 bits per heavy atom. The van der Waals surface area contributed by atoms with Gasteiger partial charge in [0.25, 0.3) is 0 Å². The summed E-state index contributed by atoms with van der Waals surface area (Å²) in [6.45, 7) is 0. The van der Waals surface area contributed by atoms with Crippen LogP contribution in [-0.4, -0.2) is 29.5 Å². The van der Waals surface area contributed by atoms with Crippen LogP contribution in [0.4, 0.5) is 4.39 Å². The van der Waals surface area contributed by atoms with Crippen molar-refractivity contribution >= 4 is 21.7 Å². The van der Waals surface area contributed by atoms with E-state index in [0.717, 1.165) is 0 Å². The monoisotopic (exact) mass is 210 g/mol. The summed E-state index contributed by atoms with van der Waals surface area (Å²) in [6, 6.07) is 0. The molecule has 0 aromatic rings. The van der Waals surface area contributed by atoms with Crippen LogP contribution in [0.1, 0.15) is 19.3 Å². The van der Waals surface area contributed by atoms with Crippen LogP contribution in [0, 0.1) is 0 Å². The Labute approximate surface area is 73.7 Å². The first kappa shape index (κ1) is 10.3. The minimum absolute atomic E-state index is 0.124. The van der Waals surface area contributed by atoms with Gasteiger partial charge in [0, 0.05) is 12.8 Å². The number of alkyl halides is 1. The molecule has 1 fully saturated rings. The van der Waals surface area contributed by atoms with E-state index in [1.807, 2.05) is 0 Å². The molecule has 5 nitrogen and oxygen atoms in total. The number of carbonyl (C=O) groups is 2. The third-order valence-electron chi connectivity index (χ3n) is 1.88. The Balaban J connectivity index is 3.25. The van der Waals surface area contributed by atoms with Gasteiger partial charge in [0.1, 0.15) is 0 Å². The maximum absolute atomic E-state index is 13.3. The number of hydrogen-bond acceptors (Lipinski definition) is 4. The van der Waals surface area contributed by atoms with Gasteiger partial charge in [-0.3, -0.25) is 14.1 Å². The first-order valence-electron chi connectivity index (χ1n) is 3.52. The lowest BCUT2D eigenvalue weighted by atomic mass is 9.96. The van der Waals surface area contributed by atoms with Crippen molar-refractivity contribution < 1.29 is 27.0 Å². The second-order valence-corrected chi connectivity index (χ2v) is 4.28. The molecule has 13 heavy (non-hydrogen) atoms. The molecular weight excluding hydrogens is 203 g/mol. The summed E-state index contributed by atoms with van der Waals surface area (Å²) in [5, 5.41) is -3.72. The predicted molar refractivity (Wildman–Crippen MR) is 39.3 cm³/mol. The summed E-state index contributed by atoms with van der Waals surface area (Å²) in [7, 11) is -5.29. The van der Waals surface area contributed by atoms with Gasteiger partial charge in [-0.05, 0) is 6.42 Å². The van der Waals surface area contributed by atoms with Crippen LogP contribution >= 0.6 is 0 Å². The molecule has 0 aromatic carbocycles. The van der Waals surface area contributed by atoms with Crippen LogP contribution in [0.3, 0.4) is 0 Å². The Kier molecular flexibility index (Phi) is 2.25. The first-order valence-corrected chi connectivity index (χ1v) is 4.96. The zero-order valence-electron chi connectivity index (χ0n) is 6.49. The van der Waals surface area contributed by atoms with Gasteiger partial charge in [-0.2, -0.15) is 8.42 Å². The standard InChI is InChI=1S/C6H7FO5S/c7-6(13(10,11)12)4(8)2-1-3-5(6)9/h1-3H2,(H,10,11,12). The average Bonchev–Trinajstić information content (AvgIpc) is 1.97. The molecule has 0 heterocycles. The van der Waals surface area contributed by atoms with E-state index in [1.165, 1.54) is 0 Å². The van der Waals surface area contributed by atoms with Gasteiger partial charge in [-0.15, -0.1) is 0 Å². The largest absolute Gasteiger partial charge is 0.349 e. The number of halogens is 1. The van der Waals surface area contributed by atoms with Crippen LogP contribution < -0.4 is 0 Å². The molecule has 0 bridgehead atoms. The van der Waals surface area contributed by atoms with E-state index >= 15 is 0 Å². The fourth-order valence-electron chi connectivity index (χ4n) is 1.17. The van der Waals surface area contributed by atoms with Gasteiger partial charge >= 0.3 is 15.1 Å². The van der Waals surface area contributed by atoms with E-state index < -0.39 is 26.7 Å². The lowest BCUT2D eigenvalue weighted by Gasteiger charge is -2.22. The highest BCUT2D eigenvalue weighted by atomic mass is 32.2. The molecule has 0 saturated heterocycles. The molecule has 0 unspecified atom stereocenters. The summed E-state index contributed by atoms with van der Waals surface area (Å²) in [5.41, 5.74) is 0. The Morgan fingerprint density at radius 3 is 1.85 bits per heavy atom. The highest BCUT2D eigenvalue weighted by Crippen LogP contribution is 2.30. The van der Waals surface area contributed by atoms with E-state index in [1.54, 1.807) is 0 Å². The lowest BCUT2D eigenvalue weighted by molar-refractivity contribution is -0.140. The summed E-state index contributed by atoms with van der Waals surface area (Å²) < 4.78 is 42.7. The summed E-state index contributed by atoms with van der Waals surface area (Å²) in [5.74, 6) is -2.77. The van der Waals surface area contributed by atoms with Crippen LogP contribution in [0.25, 0.3) is 0 Å². The van der Waals surface area contributed by atoms with Gasteiger partial charge in [-0.25, -0.2) is 4.39 Å². The zero-order chi connectivity index (χ0) is 10.3. The molecule has 1 N–H and O–H groups in total. The molecule has 0 radical (unpaired) electrons. The van der Waals surface area contributed by atoms with Crippen molar-refractivity contribution in [2.75, 3.05) is 0 Å². The minimum atomic E-state index is -5.29. The fourth-order valence-corrected chi connectivity index (χ4v) is 1.95. The van der Waals surface area contributed by atoms with Gasteiger partial charge in [-0.1, -0.05) is 0 Å². The normalized spacial score (nSPS) is 23.2. The molecule has 1 rings (SSSR count). The van der Waals surface area contributed by atoms with Gasteiger partial charge < -0.3 is 0 Å². The smallest absolute Gasteiger partial charge is 0.294 e. The van der Waals surface area contributed by atoms with Gasteiger partial charge in [0.2, 0.25) is 0 Å².